The third-order valence-electron chi connectivity index (χ3n) is 3.03. The number of carbonyl (C=O) groups excluding carboxylic acids is 1. The Bertz CT molecular complexity index is 738. The van der Waals surface area contributed by atoms with Crippen molar-refractivity contribution in [3.8, 4) is 11.5 Å². The van der Waals surface area contributed by atoms with E-state index in [1.165, 1.54) is 6.21 Å². The maximum Gasteiger partial charge on any atom is 0.305 e. The van der Waals surface area contributed by atoms with Gasteiger partial charge in [0.25, 0.3) is 0 Å². The average Bonchev–Trinajstić information content (AvgIpc) is 2.88. The standard InChI is InChI=1S/C15H16BrN3O5S/c1-3-24-13-9(16)4-8(5-10(13)23-2)7-17-19-15-18-14(22)11(25-15)6-12(20)21/h4-5,7,11H,3,6H2,1-2H3,(H,20,21)(H,18,19,22)/b17-7-/t11-/m1/s1. The Morgan fingerprint density at radius 1 is 1.52 bits per heavy atom. The normalized spacial score (nSPS) is 18.6. The molecule has 2 N–H and O–H groups in total. The number of aliphatic carboxylic acids is 1. The van der Waals surface area contributed by atoms with Crippen molar-refractivity contribution >= 4 is 51.0 Å². The number of thioether (sulfide) groups is 1. The Morgan fingerprint density at radius 2 is 2.28 bits per heavy atom. The molecule has 1 atom stereocenters. The largest absolute Gasteiger partial charge is 0.493 e. The summed E-state index contributed by atoms with van der Waals surface area (Å²) in [6.45, 7) is 2.38. The van der Waals surface area contributed by atoms with Crippen LogP contribution in [0.4, 0.5) is 0 Å². The van der Waals surface area contributed by atoms with Crippen LogP contribution in [-0.2, 0) is 9.59 Å². The van der Waals surface area contributed by atoms with Crippen LogP contribution >= 0.6 is 27.7 Å². The van der Waals surface area contributed by atoms with E-state index in [9.17, 15) is 9.59 Å². The molecule has 1 fully saturated rings. The fourth-order valence-corrected chi connectivity index (χ4v) is 3.48. The van der Waals surface area contributed by atoms with Crippen LogP contribution in [-0.4, -0.2) is 47.3 Å². The number of amidine groups is 1. The molecule has 0 bridgehead atoms. The van der Waals surface area contributed by atoms with Crippen molar-refractivity contribution in [2.24, 2.45) is 10.2 Å². The third kappa shape index (κ3) is 5.20. The molecule has 1 heterocycles. The number of amides is 1. The van der Waals surface area contributed by atoms with Crippen molar-refractivity contribution in [2.45, 2.75) is 18.6 Å². The summed E-state index contributed by atoms with van der Waals surface area (Å²) in [5.41, 5.74) is 0.716. The lowest BCUT2D eigenvalue weighted by Crippen LogP contribution is -2.26. The molecule has 0 aromatic heterocycles. The molecule has 1 aromatic rings. The van der Waals surface area contributed by atoms with Crippen LogP contribution in [0.3, 0.4) is 0 Å². The molecule has 1 amide bonds. The predicted octanol–water partition coefficient (Wildman–Crippen LogP) is 2.25. The number of benzene rings is 1. The van der Waals surface area contributed by atoms with Gasteiger partial charge in [0, 0.05) is 0 Å². The summed E-state index contributed by atoms with van der Waals surface area (Å²) >= 11 is 4.46. The maximum absolute atomic E-state index is 11.6. The van der Waals surface area contributed by atoms with Gasteiger partial charge in [0.2, 0.25) is 5.91 Å². The van der Waals surface area contributed by atoms with Gasteiger partial charge in [-0.15, -0.1) is 5.10 Å². The first-order valence-corrected chi connectivity index (χ1v) is 8.92. The monoisotopic (exact) mass is 429 g/mol. The molecule has 2 rings (SSSR count). The number of hydrogen-bond donors (Lipinski definition) is 2. The minimum atomic E-state index is -1.04. The molecule has 1 aromatic carbocycles. The Morgan fingerprint density at radius 3 is 2.92 bits per heavy atom. The Labute approximate surface area is 156 Å². The first-order valence-electron chi connectivity index (χ1n) is 7.25. The van der Waals surface area contributed by atoms with E-state index in [2.05, 4.69) is 31.4 Å². The van der Waals surface area contributed by atoms with Gasteiger partial charge in [0.05, 0.1) is 30.8 Å². The molecule has 0 radical (unpaired) electrons. The zero-order valence-electron chi connectivity index (χ0n) is 13.5. The minimum absolute atomic E-state index is 0.262. The molecule has 25 heavy (non-hydrogen) atoms. The Hall–Kier alpha value is -2.07. The number of nitrogens with one attached hydrogen (secondary N) is 1. The maximum atomic E-state index is 11.6. The Kier molecular flexibility index (Phi) is 6.82. The summed E-state index contributed by atoms with van der Waals surface area (Å²) in [6, 6.07) is 3.54. The van der Waals surface area contributed by atoms with Gasteiger partial charge in [-0.05, 0) is 40.5 Å². The lowest BCUT2D eigenvalue weighted by atomic mass is 10.2. The number of carbonyl (C=O) groups is 2. The summed E-state index contributed by atoms with van der Waals surface area (Å²) in [4.78, 5) is 22.3. The molecule has 8 nitrogen and oxygen atoms in total. The zero-order valence-corrected chi connectivity index (χ0v) is 15.9. The molecule has 10 heteroatoms. The highest BCUT2D eigenvalue weighted by Crippen LogP contribution is 2.36. The number of halogens is 1. The van der Waals surface area contributed by atoms with Gasteiger partial charge in [0.1, 0.15) is 5.25 Å². The predicted molar refractivity (Wildman–Crippen MR) is 98.7 cm³/mol. The van der Waals surface area contributed by atoms with Gasteiger partial charge >= 0.3 is 5.97 Å². The van der Waals surface area contributed by atoms with Crippen LogP contribution < -0.4 is 14.8 Å². The number of methoxy groups -OCH3 is 1. The Balaban J connectivity index is 2.11. The van der Waals surface area contributed by atoms with Crippen molar-refractivity contribution < 1.29 is 24.2 Å². The molecular formula is C15H16BrN3O5S. The van der Waals surface area contributed by atoms with Gasteiger partial charge in [-0.25, -0.2) is 0 Å². The smallest absolute Gasteiger partial charge is 0.305 e. The van der Waals surface area contributed by atoms with E-state index in [1.807, 2.05) is 6.92 Å². The van der Waals surface area contributed by atoms with E-state index in [4.69, 9.17) is 14.6 Å². The summed E-state index contributed by atoms with van der Waals surface area (Å²) < 4.78 is 11.5. The van der Waals surface area contributed by atoms with Crippen LogP contribution in [0.5, 0.6) is 11.5 Å². The molecule has 1 aliphatic heterocycles. The molecule has 0 aliphatic carbocycles. The highest BCUT2D eigenvalue weighted by Gasteiger charge is 2.32. The van der Waals surface area contributed by atoms with Crippen LogP contribution in [0.15, 0.2) is 26.8 Å². The van der Waals surface area contributed by atoms with E-state index >= 15 is 0 Å². The van der Waals surface area contributed by atoms with Crippen LogP contribution in [0, 0.1) is 0 Å². The van der Waals surface area contributed by atoms with E-state index in [-0.39, 0.29) is 17.5 Å². The number of carboxylic acids is 1. The van der Waals surface area contributed by atoms with Gasteiger partial charge in [0.15, 0.2) is 16.7 Å². The highest BCUT2D eigenvalue weighted by molar-refractivity contribution is 9.10. The number of ether oxygens (including phenoxy) is 2. The molecule has 1 aliphatic rings. The molecule has 0 spiro atoms. The van der Waals surface area contributed by atoms with Crippen LogP contribution in [0.1, 0.15) is 18.9 Å². The molecule has 0 saturated carbocycles. The molecule has 1 saturated heterocycles. The van der Waals surface area contributed by atoms with Crippen molar-refractivity contribution in [3.05, 3.63) is 22.2 Å². The van der Waals surface area contributed by atoms with E-state index in [0.29, 0.717) is 28.1 Å². The zero-order chi connectivity index (χ0) is 18.4. The quantitative estimate of drug-likeness (QED) is 0.507. The summed E-state index contributed by atoms with van der Waals surface area (Å²) in [5, 5.41) is 18.7. The number of nitrogens with zero attached hydrogens (tertiary/aromatic N) is 2. The first kappa shape index (κ1) is 19.3. The van der Waals surface area contributed by atoms with Crippen LogP contribution in [0.25, 0.3) is 0 Å². The summed E-state index contributed by atoms with van der Waals surface area (Å²) in [6.07, 6.45) is 1.23. The fourth-order valence-electron chi connectivity index (χ4n) is 1.99. The van der Waals surface area contributed by atoms with Gasteiger partial charge in [-0.3, -0.25) is 9.59 Å². The number of rotatable bonds is 7. The van der Waals surface area contributed by atoms with Crippen molar-refractivity contribution in [2.75, 3.05) is 13.7 Å². The van der Waals surface area contributed by atoms with Crippen molar-refractivity contribution in [1.29, 1.82) is 0 Å². The molecule has 134 valence electrons. The number of hydrogen-bond acceptors (Lipinski definition) is 7. The van der Waals surface area contributed by atoms with Crippen molar-refractivity contribution in [1.82, 2.24) is 5.32 Å². The lowest BCUT2D eigenvalue weighted by Gasteiger charge is -2.11. The topological polar surface area (TPSA) is 110 Å². The number of carboxylic acid groups (broad SMARTS) is 1. The summed E-state index contributed by atoms with van der Waals surface area (Å²) in [5.74, 6) is -0.269. The van der Waals surface area contributed by atoms with E-state index in [1.54, 1.807) is 19.2 Å². The first-order chi connectivity index (χ1) is 11.9. The second kappa shape index (κ2) is 8.86. The second-order valence-corrected chi connectivity index (χ2v) is 6.86. The highest BCUT2D eigenvalue weighted by atomic mass is 79.9. The third-order valence-corrected chi connectivity index (χ3v) is 4.69. The van der Waals surface area contributed by atoms with E-state index in [0.717, 1.165) is 11.8 Å². The molecule has 0 unspecified atom stereocenters. The van der Waals surface area contributed by atoms with E-state index < -0.39 is 11.2 Å². The lowest BCUT2D eigenvalue weighted by molar-refractivity contribution is -0.138. The van der Waals surface area contributed by atoms with Crippen molar-refractivity contribution in [3.63, 3.8) is 0 Å². The average molecular weight is 430 g/mol. The SMILES string of the molecule is CCOc1c(Br)cc(/C=N\N=C2\NC(=O)[C@@H](CC(=O)O)S2)cc1OC. The van der Waals surface area contributed by atoms with Crippen LogP contribution in [0.2, 0.25) is 0 Å². The summed E-state index contributed by atoms with van der Waals surface area (Å²) in [7, 11) is 1.54. The molecular weight excluding hydrogens is 414 g/mol. The van der Waals surface area contributed by atoms with Gasteiger partial charge in [-0.2, -0.15) is 5.10 Å². The van der Waals surface area contributed by atoms with Gasteiger partial charge in [-0.1, -0.05) is 11.8 Å². The second-order valence-electron chi connectivity index (χ2n) is 4.81. The fraction of sp³-hybridized carbons (Fsp3) is 0.333. The minimum Gasteiger partial charge on any atom is -0.493 e. The van der Waals surface area contributed by atoms with Gasteiger partial charge < -0.3 is 19.9 Å².